The molecule has 8 heteroatoms. The van der Waals surface area contributed by atoms with E-state index >= 15 is 0 Å². The third-order valence-corrected chi connectivity index (χ3v) is 4.70. The van der Waals surface area contributed by atoms with Gasteiger partial charge in [0, 0.05) is 15.3 Å². The molecular weight excluding hydrogens is 360 g/mol. The second-order valence-electron chi connectivity index (χ2n) is 5.37. The van der Waals surface area contributed by atoms with Gasteiger partial charge in [-0.3, -0.25) is 25.5 Å². The second kappa shape index (κ2) is 7.58. The lowest BCUT2D eigenvalue weighted by atomic mass is 10.1. The van der Waals surface area contributed by atoms with Crippen LogP contribution in [0.4, 0.5) is 0 Å². The average molecular weight is 375 g/mol. The minimum atomic E-state index is -0.471. The Labute approximate surface area is 153 Å². The van der Waals surface area contributed by atoms with Gasteiger partial charge in [0.25, 0.3) is 5.91 Å². The first-order chi connectivity index (χ1) is 12.0. The first-order valence-corrected chi connectivity index (χ1v) is 8.81. The topological polar surface area (TPSA) is 86.9 Å². The first kappa shape index (κ1) is 17.3. The van der Waals surface area contributed by atoms with Crippen molar-refractivity contribution in [2.24, 2.45) is 0 Å². The second-order valence-corrected chi connectivity index (χ2v) is 6.85. The molecule has 0 saturated heterocycles. The van der Waals surface area contributed by atoms with Crippen molar-refractivity contribution in [1.29, 1.82) is 0 Å². The van der Waals surface area contributed by atoms with Gasteiger partial charge in [-0.05, 0) is 43.3 Å². The van der Waals surface area contributed by atoms with E-state index < -0.39 is 5.91 Å². The summed E-state index contributed by atoms with van der Waals surface area (Å²) in [6, 6.07) is 12.8. The number of fused-ring (bicyclic) bond motifs is 1. The summed E-state index contributed by atoms with van der Waals surface area (Å²) in [5, 5.41) is 8.16. The summed E-state index contributed by atoms with van der Waals surface area (Å²) in [5.41, 5.74) is 6.80. The van der Waals surface area contributed by atoms with E-state index in [0.717, 1.165) is 16.0 Å². The fraction of sp³-hybridized carbons (Fsp3) is 0.118. The number of hydrogen-bond donors (Lipinski definition) is 3. The average Bonchev–Trinajstić information content (AvgIpc) is 3.02. The van der Waals surface area contributed by atoms with E-state index in [1.54, 1.807) is 12.1 Å². The number of aromatic amines is 1. The first-order valence-electron chi connectivity index (χ1n) is 7.45. The number of nitrogens with one attached hydrogen (secondary N) is 3. The Bertz CT molecular complexity index is 924. The highest BCUT2D eigenvalue weighted by Crippen LogP contribution is 2.20. The lowest BCUT2D eigenvalue weighted by molar-refractivity contribution is -0.119. The highest BCUT2D eigenvalue weighted by molar-refractivity contribution is 8.00. The van der Waals surface area contributed by atoms with Crippen molar-refractivity contribution in [3.8, 4) is 0 Å². The maximum absolute atomic E-state index is 12.2. The van der Waals surface area contributed by atoms with E-state index in [-0.39, 0.29) is 17.4 Å². The van der Waals surface area contributed by atoms with Crippen LogP contribution >= 0.6 is 23.4 Å². The van der Waals surface area contributed by atoms with Crippen LogP contribution in [0.2, 0.25) is 5.02 Å². The highest BCUT2D eigenvalue weighted by atomic mass is 35.5. The molecule has 1 heterocycles. The number of hydrogen-bond acceptors (Lipinski definition) is 4. The number of thioether (sulfide) groups is 1. The van der Waals surface area contributed by atoms with Crippen molar-refractivity contribution in [3.63, 3.8) is 0 Å². The van der Waals surface area contributed by atoms with Crippen molar-refractivity contribution in [3.05, 3.63) is 58.7 Å². The van der Waals surface area contributed by atoms with Gasteiger partial charge in [-0.2, -0.15) is 5.10 Å². The molecule has 0 atom stereocenters. The van der Waals surface area contributed by atoms with Crippen LogP contribution in [0.5, 0.6) is 0 Å². The molecule has 2 aromatic carbocycles. The molecule has 25 heavy (non-hydrogen) atoms. The number of benzene rings is 2. The van der Waals surface area contributed by atoms with Crippen molar-refractivity contribution in [2.75, 3.05) is 5.75 Å². The van der Waals surface area contributed by atoms with Crippen LogP contribution in [0.1, 0.15) is 16.1 Å². The summed E-state index contributed by atoms with van der Waals surface area (Å²) in [4.78, 5) is 25.0. The number of aromatic nitrogens is 2. The molecule has 3 rings (SSSR count). The van der Waals surface area contributed by atoms with Crippen molar-refractivity contribution < 1.29 is 9.59 Å². The molecule has 0 bridgehead atoms. The molecule has 128 valence electrons. The van der Waals surface area contributed by atoms with Crippen LogP contribution < -0.4 is 10.9 Å². The maximum atomic E-state index is 12.2. The summed E-state index contributed by atoms with van der Waals surface area (Å²) in [6.45, 7) is 1.93. The number of H-pyrrole nitrogens is 1. The fourth-order valence-electron chi connectivity index (χ4n) is 2.20. The molecule has 6 nitrogen and oxygen atoms in total. The molecule has 3 N–H and O–H groups in total. The molecular formula is C17H15ClN4O2S. The number of amides is 2. The number of aryl methyl sites for hydroxylation is 1. The summed E-state index contributed by atoms with van der Waals surface area (Å²) in [6.07, 6.45) is 0. The van der Waals surface area contributed by atoms with Gasteiger partial charge in [0.15, 0.2) is 5.69 Å². The highest BCUT2D eigenvalue weighted by Gasteiger charge is 2.15. The molecule has 0 radical (unpaired) electrons. The zero-order valence-corrected chi connectivity index (χ0v) is 14.9. The predicted octanol–water partition coefficient (Wildman–Crippen LogP) is 3.08. The van der Waals surface area contributed by atoms with Crippen molar-refractivity contribution >= 4 is 46.1 Å². The van der Waals surface area contributed by atoms with Gasteiger partial charge in [0.1, 0.15) is 0 Å². The van der Waals surface area contributed by atoms with Crippen molar-refractivity contribution in [1.82, 2.24) is 21.0 Å². The molecule has 0 aliphatic rings. The van der Waals surface area contributed by atoms with Crippen LogP contribution in [0, 0.1) is 6.92 Å². The molecule has 0 aliphatic carbocycles. The van der Waals surface area contributed by atoms with Crippen LogP contribution in [-0.4, -0.2) is 27.8 Å². The Hall–Kier alpha value is -2.51. The van der Waals surface area contributed by atoms with E-state index in [1.165, 1.54) is 11.8 Å². The molecule has 3 aromatic rings. The number of nitrogens with zero attached hydrogens (tertiary/aromatic N) is 1. The van der Waals surface area contributed by atoms with E-state index in [9.17, 15) is 9.59 Å². The zero-order chi connectivity index (χ0) is 17.8. The summed E-state index contributed by atoms with van der Waals surface area (Å²) < 4.78 is 0. The lowest BCUT2D eigenvalue weighted by Gasteiger charge is -2.06. The van der Waals surface area contributed by atoms with Gasteiger partial charge in [-0.1, -0.05) is 23.2 Å². The zero-order valence-electron chi connectivity index (χ0n) is 13.3. The van der Waals surface area contributed by atoms with Crippen LogP contribution in [0.3, 0.4) is 0 Å². The molecule has 2 amide bonds. The van der Waals surface area contributed by atoms with Crippen LogP contribution in [0.25, 0.3) is 10.9 Å². The van der Waals surface area contributed by atoms with Gasteiger partial charge < -0.3 is 0 Å². The standard InChI is InChI=1S/C17H15ClN4O2S/c1-10-2-7-14-13(8-10)16(21-19-14)17(24)22-20-15(23)9-25-12-5-3-11(18)4-6-12/h2-8H,9H2,1H3,(H,19,21)(H,20,23)(H,22,24). The quantitative estimate of drug-likeness (QED) is 0.484. The van der Waals surface area contributed by atoms with Crippen LogP contribution in [0.15, 0.2) is 47.4 Å². The number of rotatable bonds is 4. The smallest absolute Gasteiger partial charge is 0.277 e. The Morgan fingerprint density at radius 2 is 1.92 bits per heavy atom. The Morgan fingerprint density at radius 1 is 1.16 bits per heavy atom. The van der Waals surface area contributed by atoms with Gasteiger partial charge in [-0.15, -0.1) is 11.8 Å². The lowest BCUT2D eigenvalue weighted by Crippen LogP contribution is -2.42. The molecule has 0 fully saturated rings. The third kappa shape index (κ3) is 4.32. The maximum Gasteiger partial charge on any atom is 0.290 e. The van der Waals surface area contributed by atoms with E-state index in [2.05, 4.69) is 21.0 Å². The normalized spacial score (nSPS) is 10.6. The van der Waals surface area contributed by atoms with Crippen molar-refractivity contribution in [2.45, 2.75) is 11.8 Å². The Kier molecular flexibility index (Phi) is 5.25. The Morgan fingerprint density at radius 3 is 2.68 bits per heavy atom. The SMILES string of the molecule is Cc1ccc2[nH]nc(C(=O)NNC(=O)CSc3ccc(Cl)cc3)c2c1. The van der Waals surface area contributed by atoms with E-state index in [1.807, 2.05) is 37.3 Å². The summed E-state index contributed by atoms with van der Waals surface area (Å²) >= 11 is 7.16. The molecule has 0 aliphatic heterocycles. The number of halogens is 1. The third-order valence-electron chi connectivity index (χ3n) is 3.43. The number of hydrazine groups is 1. The van der Waals surface area contributed by atoms with E-state index in [4.69, 9.17) is 11.6 Å². The van der Waals surface area contributed by atoms with Gasteiger partial charge in [-0.25, -0.2) is 0 Å². The minimum Gasteiger partial charge on any atom is -0.277 e. The largest absolute Gasteiger partial charge is 0.290 e. The molecule has 1 aromatic heterocycles. The minimum absolute atomic E-state index is 0.169. The molecule has 0 unspecified atom stereocenters. The molecule has 0 spiro atoms. The van der Waals surface area contributed by atoms with E-state index in [0.29, 0.717) is 10.4 Å². The summed E-state index contributed by atoms with van der Waals surface area (Å²) in [7, 11) is 0. The number of carbonyl (C=O) groups excluding carboxylic acids is 2. The van der Waals surface area contributed by atoms with Crippen LogP contribution in [-0.2, 0) is 4.79 Å². The van der Waals surface area contributed by atoms with Gasteiger partial charge >= 0.3 is 0 Å². The number of carbonyl (C=O) groups is 2. The predicted molar refractivity (Wildman–Crippen MR) is 98.6 cm³/mol. The van der Waals surface area contributed by atoms with Gasteiger partial charge in [0.05, 0.1) is 11.3 Å². The summed E-state index contributed by atoms with van der Waals surface area (Å²) in [5.74, 6) is -0.617. The monoisotopic (exact) mass is 374 g/mol. The van der Waals surface area contributed by atoms with Gasteiger partial charge in [0.2, 0.25) is 5.91 Å². The fourth-order valence-corrected chi connectivity index (χ4v) is 3.03. The Balaban J connectivity index is 1.55. The molecule has 0 saturated carbocycles.